The summed E-state index contributed by atoms with van der Waals surface area (Å²) in [4.78, 5) is 42.5. The highest BCUT2D eigenvalue weighted by molar-refractivity contribution is 6.30. The van der Waals surface area contributed by atoms with E-state index >= 15 is 0 Å². The van der Waals surface area contributed by atoms with Crippen LogP contribution in [0, 0.1) is 5.92 Å². The van der Waals surface area contributed by atoms with Crippen LogP contribution in [0.4, 0.5) is 0 Å². The molecule has 3 aliphatic rings. The highest BCUT2D eigenvalue weighted by Gasteiger charge is 2.36. The molecule has 2 aromatic rings. The molecule has 0 aromatic heterocycles. The van der Waals surface area contributed by atoms with Gasteiger partial charge in [0.1, 0.15) is 23.9 Å². The Labute approximate surface area is 260 Å². The molecule has 0 saturated heterocycles. The van der Waals surface area contributed by atoms with Gasteiger partial charge in [0.05, 0.1) is 6.04 Å². The van der Waals surface area contributed by atoms with Crippen molar-refractivity contribution in [2.24, 2.45) is 5.92 Å². The Balaban J connectivity index is 1.41. The molecule has 0 radical (unpaired) electrons. The van der Waals surface area contributed by atoms with Crippen LogP contribution in [0.15, 0.2) is 42.5 Å². The molecule has 0 spiro atoms. The number of carbonyl (C=O) groups is 3. The molecule has 1 fully saturated rings. The minimum absolute atomic E-state index is 0.0363. The van der Waals surface area contributed by atoms with Crippen molar-refractivity contribution in [3.05, 3.63) is 64.2 Å². The number of benzene rings is 2. The first kappa shape index (κ1) is 31.3. The van der Waals surface area contributed by atoms with Gasteiger partial charge in [0.15, 0.2) is 0 Å². The fourth-order valence-electron chi connectivity index (χ4n) is 6.61. The number of fused-ring (bicyclic) bond motifs is 1. The van der Waals surface area contributed by atoms with Crippen LogP contribution < -0.4 is 20.7 Å². The van der Waals surface area contributed by atoms with Crippen LogP contribution >= 0.6 is 11.6 Å². The number of nitrogens with one attached hydrogen (secondary N) is 3. The Hall–Kier alpha value is -3.10. The first-order chi connectivity index (χ1) is 20.8. The van der Waals surface area contributed by atoms with Gasteiger partial charge in [-0.3, -0.25) is 14.4 Å². The summed E-state index contributed by atoms with van der Waals surface area (Å²) in [6, 6.07) is 11.6. The van der Waals surface area contributed by atoms with E-state index in [-0.39, 0.29) is 29.7 Å². The second kappa shape index (κ2) is 14.6. The molecule has 2 heterocycles. The van der Waals surface area contributed by atoms with Gasteiger partial charge in [-0.15, -0.1) is 0 Å². The van der Waals surface area contributed by atoms with Gasteiger partial charge in [-0.05, 0) is 80.2 Å². The van der Waals surface area contributed by atoms with Gasteiger partial charge in [-0.1, -0.05) is 61.2 Å². The van der Waals surface area contributed by atoms with Crippen molar-refractivity contribution >= 4 is 29.3 Å². The lowest BCUT2D eigenvalue weighted by molar-refractivity contribution is -0.142. The summed E-state index contributed by atoms with van der Waals surface area (Å²) >= 11 is 6.08. The summed E-state index contributed by atoms with van der Waals surface area (Å²) in [5.74, 6) is 0.460. The standard InChI is InChI=1S/C34H45ClN4O4/c1-22-32(40)38-29(20-23-13-16-27(35)17-14-23)33(41)36-19-7-12-25-10-6-11-26-15-18-28(43-31(25)26)21-37-30(34(42)39(22)2)24-8-4-3-5-9-24/h6,10-11,13-14,16-17,22,24,28-30,37H,3-5,7-9,12,15,18-21H2,1-2H3,(H,36,41)(H,38,40)/t22-,28-,29-,30+/m1/s1. The molecule has 2 aliphatic heterocycles. The molecular formula is C34H45ClN4O4. The Kier molecular flexibility index (Phi) is 10.6. The third-order valence-electron chi connectivity index (χ3n) is 9.37. The fourth-order valence-corrected chi connectivity index (χ4v) is 6.73. The van der Waals surface area contributed by atoms with E-state index < -0.39 is 18.1 Å². The SMILES string of the molecule is C[C@@H]1C(=O)N[C@H](Cc2ccc(Cl)cc2)C(=O)NCCCc2cccc3c2O[C@H](CC3)CN[C@@H](C2CCCCC2)C(=O)N1C. The number of hydrogen-bond acceptors (Lipinski definition) is 5. The lowest BCUT2D eigenvalue weighted by Gasteiger charge is -2.36. The Bertz CT molecular complexity index is 1280. The van der Waals surface area contributed by atoms with Gasteiger partial charge in [-0.25, -0.2) is 0 Å². The number of para-hydroxylation sites is 1. The number of carbonyl (C=O) groups excluding carboxylic acids is 3. The van der Waals surface area contributed by atoms with E-state index in [0.717, 1.165) is 68.2 Å². The number of ether oxygens (including phenoxy) is 1. The Morgan fingerprint density at radius 2 is 1.63 bits per heavy atom. The monoisotopic (exact) mass is 608 g/mol. The van der Waals surface area contributed by atoms with Crippen molar-refractivity contribution in [1.82, 2.24) is 20.9 Å². The summed E-state index contributed by atoms with van der Waals surface area (Å²) in [5, 5.41) is 10.2. The molecule has 232 valence electrons. The average Bonchev–Trinajstić information content (AvgIpc) is 3.03. The van der Waals surface area contributed by atoms with Crippen molar-refractivity contribution in [3.63, 3.8) is 0 Å². The van der Waals surface area contributed by atoms with Crippen molar-refractivity contribution < 1.29 is 19.1 Å². The number of likely N-dealkylation sites (N-methyl/N-ethyl adjacent to an activating group) is 1. The van der Waals surface area contributed by atoms with E-state index in [9.17, 15) is 14.4 Å². The van der Waals surface area contributed by atoms with Gasteiger partial charge in [-0.2, -0.15) is 0 Å². The molecule has 9 heteroatoms. The largest absolute Gasteiger partial charge is 0.489 e. The van der Waals surface area contributed by atoms with Gasteiger partial charge in [0.25, 0.3) is 0 Å². The highest BCUT2D eigenvalue weighted by Crippen LogP contribution is 2.33. The molecule has 5 rings (SSSR count). The van der Waals surface area contributed by atoms with Gasteiger partial charge >= 0.3 is 0 Å². The van der Waals surface area contributed by atoms with Crippen molar-refractivity contribution in [2.45, 2.75) is 95.4 Å². The molecule has 1 aliphatic carbocycles. The van der Waals surface area contributed by atoms with Crippen LogP contribution in [0.1, 0.15) is 68.6 Å². The van der Waals surface area contributed by atoms with E-state index in [2.05, 4.69) is 34.1 Å². The Morgan fingerprint density at radius 3 is 2.37 bits per heavy atom. The highest BCUT2D eigenvalue weighted by atomic mass is 35.5. The molecule has 2 aromatic carbocycles. The summed E-state index contributed by atoms with van der Waals surface area (Å²) < 4.78 is 6.56. The first-order valence-corrected chi connectivity index (χ1v) is 16.3. The fraction of sp³-hybridized carbons (Fsp3) is 0.559. The number of nitrogens with zero attached hydrogens (tertiary/aromatic N) is 1. The quantitative estimate of drug-likeness (QED) is 0.485. The Morgan fingerprint density at radius 1 is 0.907 bits per heavy atom. The molecule has 4 atom stereocenters. The van der Waals surface area contributed by atoms with E-state index in [0.29, 0.717) is 24.5 Å². The van der Waals surface area contributed by atoms with Crippen LogP contribution in [-0.2, 0) is 33.6 Å². The lowest BCUT2D eigenvalue weighted by atomic mass is 9.83. The predicted octanol–water partition coefficient (Wildman–Crippen LogP) is 4.21. The average molecular weight is 609 g/mol. The first-order valence-electron chi connectivity index (χ1n) is 15.9. The second-order valence-corrected chi connectivity index (χ2v) is 12.8. The molecule has 2 bridgehead atoms. The van der Waals surface area contributed by atoms with Crippen LogP contribution in [0.25, 0.3) is 0 Å². The number of amides is 3. The zero-order valence-corrected chi connectivity index (χ0v) is 26.1. The third kappa shape index (κ3) is 7.90. The maximum Gasteiger partial charge on any atom is 0.243 e. The number of hydrogen-bond donors (Lipinski definition) is 3. The van der Waals surface area contributed by atoms with Crippen LogP contribution in [0.5, 0.6) is 5.75 Å². The van der Waals surface area contributed by atoms with Crippen molar-refractivity contribution in [2.75, 3.05) is 20.1 Å². The minimum Gasteiger partial charge on any atom is -0.489 e. The van der Waals surface area contributed by atoms with Gasteiger partial charge < -0.3 is 25.6 Å². The van der Waals surface area contributed by atoms with Gasteiger partial charge in [0.2, 0.25) is 17.7 Å². The van der Waals surface area contributed by atoms with Crippen LogP contribution in [-0.4, -0.2) is 67.0 Å². The van der Waals surface area contributed by atoms with Crippen LogP contribution in [0.2, 0.25) is 5.02 Å². The molecule has 3 N–H and O–H groups in total. The molecular weight excluding hydrogens is 564 g/mol. The molecule has 43 heavy (non-hydrogen) atoms. The number of aryl methyl sites for hydroxylation is 2. The predicted molar refractivity (Wildman–Crippen MR) is 168 cm³/mol. The molecule has 0 unspecified atom stereocenters. The lowest BCUT2D eigenvalue weighted by Crippen LogP contribution is -2.58. The minimum atomic E-state index is -0.792. The maximum atomic E-state index is 14.0. The topological polar surface area (TPSA) is 99.8 Å². The van der Waals surface area contributed by atoms with Crippen molar-refractivity contribution in [1.29, 1.82) is 0 Å². The maximum absolute atomic E-state index is 14.0. The summed E-state index contributed by atoms with van der Waals surface area (Å²) in [6.07, 6.45) is 8.97. The summed E-state index contributed by atoms with van der Waals surface area (Å²) in [5.41, 5.74) is 3.23. The zero-order chi connectivity index (χ0) is 30.3. The smallest absolute Gasteiger partial charge is 0.243 e. The molecule has 3 amide bonds. The van der Waals surface area contributed by atoms with Crippen LogP contribution in [0.3, 0.4) is 0 Å². The van der Waals surface area contributed by atoms with Crippen molar-refractivity contribution in [3.8, 4) is 5.75 Å². The molecule has 8 nitrogen and oxygen atoms in total. The third-order valence-corrected chi connectivity index (χ3v) is 9.62. The second-order valence-electron chi connectivity index (χ2n) is 12.4. The normalized spacial score (nSPS) is 26.5. The van der Waals surface area contributed by atoms with E-state index in [1.807, 2.05) is 12.1 Å². The number of rotatable bonds is 3. The summed E-state index contributed by atoms with van der Waals surface area (Å²) in [7, 11) is 1.69. The van der Waals surface area contributed by atoms with E-state index in [1.54, 1.807) is 26.1 Å². The van der Waals surface area contributed by atoms with E-state index in [4.69, 9.17) is 16.3 Å². The van der Waals surface area contributed by atoms with Gasteiger partial charge in [0, 0.05) is 31.6 Å². The zero-order valence-electron chi connectivity index (χ0n) is 25.4. The van der Waals surface area contributed by atoms with E-state index in [1.165, 1.54) is 16.9 Å². The molecule has 1 saturated carbocycles. The number of halogens is 1. The summed E-state index contributed by atoms with van der Waals surface area (Å²) in [6.45, 7) is 2.77.